The molecule has 2 fully saturated rings. The summed E-state index contributed by atoms with van der Waals surface area (Å²) in [5.41, 5.74) is 9.79. The highest BCUT2D eigenvalue weighted by molar-refractivity contribution is 5.71. The summed E-state index contributed by atoms with van der Waals surface area (Å²) in [5, 5.41) is 0. The summed E-state index contributed by atoms with van der Waals surface area (Å²) in [7, 11) is 6.84. The van der Waals surface area contributed by atoms with E-state index in [1.165, 1.54) is 52.6 Å². The van der Waals surface area contributed by atoms with Gasteiger partial charge in [0.15, 0.2) is 23.0 Å². The Bertz CT molecular complexity index is 1590. The molecule has 45 heavy (non-hydrogen) atoms. The number of rotatable bonds is 11. The molecule has 236 valence electrons. The second-order valence-electron chi connectivity index (χ2n) is 12.4. The molecule has 6 heteroatoms. The van der Waals surface area contributed by atoms with Crippen LogP contribution in [-0.2, 0) is 13.1 Å². The Labute approximate surface area is 268 Å². The highest BCUT2D eigenvalue weighted by Crippen LogP contribution is 2.46. The Morgan fingerprint density at radius 3 is 1.44 bits per heavy atom. The van der Waals surface area contributed by atoms with E-state index in [1.54, 1.807) is 28.4 Å². The van der Waals surface area contributed by atoms with Crippen LogP contribution >= 0.6 is 0 Å². The minimum absolute atomic E-state index is 0.569. The van der Waals surface area contributed by atoms with Crippen molar-refractivity contribution in [3.8, 4) is 45.3 Å². The van der Waals surface area contributed by atoms with Gasteiger partial charge in [-0.05, 0) is 88.9 Å². The van der Waals surface area contributed by atoms with Crippen molar-refractivity contribution in [2.45, 2.75) is 45.2 Å². The molecule has 0 N–H and O–H groups in total. The summed E-state index contributed by atoms with van der Waals surface area (Å²) in [6.07, 6.45) is 3.74. The van der Waals surface area contributed by atoms with Crippen LogP contribution in [0, 0.1) is 6.92 Å². The van der Waals surface area contributed by atoms with Crippen LogP contribution in [0.4, 0.5) is 0 Å². The lowest BCUT2D eigenvalue weighted by molar-refractivity contribution is 0.122. The number of hydrogen-bond acceptors (Lipinski definition) is 6. The maximum atomic E-state index is 5.76. The van der Waals surface area contributed by atoms with Gasteiger partial charge in [0.2, 0.25) is 0 Å². The topological polar surface area (TPSA) is 43.4 Å². The molecule has 0 radical (unpaired) electrons. The summed E-state index contributed by atoms with van der Waals surface area (Å²) in [6, 6.07) is 26.6. The second kappa shape index (κ2) is 14.0. The monoisotopic (exact) mass is 606 g/mol. The third kappa shape index (κ3) is 6.82. The lowest BCUT2D eigenvalue weighted by Crippen LogP contribution is -2.45. The molecule has 1 saturated carbocycles. The van der Waals surface area contributed by atoms with Crippen molar-refractivity contribution in [1.82, 2.24) is 9.80 Å². The number of benzene rings is 4. The molecule has 1 heterocycles. The van der Waals surface area contributed by atoms with E-state index in [9.17, 15) is 0 Å². The first-order valence-electron chi connectivity index (χ1n) is 16.1. The predicted molar refractivity (Wildman–Crippen MR) is 182 cm³/mol. The van der Waals surface area contributed by atoms with Crippen molar-refractivity contribution in [3.05, 3.63) is 95.1 Å². The molecule has 0 spiro atoms. The van der Waals surface area contributed by atoms with E-state index >= 15 is 0 Å². The fourth-order valence-corrected chi connectivity index (χ4v) is 6.73. The highest BCUT2D eigenvalue weighted by atomic mass is 16.5. The van der Waals surface area contributed by atoms with E-state index in [-0.39, 0.29) is 0 Å². The van der Waals surface area contributed by atoms with Gasteiger partial charge in [-0.2, -0.15) is 0 Å². The van der Waals surface area contributed by atoms with Crippen LogP contribution in [0.15, 0.2) is 72.8 Å². The van der Waals surface area contributed by atoms with E-state index in [0.29, 0.717) is 5.92 Å². The lowest BCUT2D eigenvalue weighted by atomic mass is 9.78. The SMILES string of the molecule is COc1cc(-c2ccc(CN3CCN(Cc4ccc(-c5cc(OC)c(OC)c(C6CCC6)c5)cc4)CC3)cc2)cc(C)c1OC. The smallest absolute Gasteiger partial charge is 0.164 e. The Balaban J connectivity index is 1.03. The molecule has 1 saturated heterocycles. The van der Waals surface area contributed by atoms with Gasteiger partial charge in [-0.1, -0.05) is 55.0 Å². The zero-order chi connectivity index (χ0) is 31.3. The summed E-state index contributed by atoms with van der Waals surface area (Å²) in [4.78, 5) is 5.13. The van der Waals surface area contributed by atoms with Gasteiger partial charge >= 0.3 is 0 Å². The second-order valence-corrected chi connectivity index (χ2v) is 12.4. The summed E-state index contributed by atoms with van der Waals surface area (Å²) < 4.78 is 22.6. The van der Waals surface area contributed by atoms with Gasteiger partial charge in [-0.25, -0.2) is 0 Å². The molecular formula is C39H46N2O4. The first-order chi connectivity index (χ1) is 22.0. The minimum Gasteiger partial charge on any atom is -0.493 e. The zero-order valence-electron chi connectivity index (χ0n) is 27.4. The van der Waals surface area contributed by atoms with Gasteiger partial charge in [0.05, 0.1) is 28.4 Å². The molecule has 0 unspecified atom stereocenters. The largest absolute Gasteiger partial charge is 0.493 e. The number of nitrogens with zero attached hydrogens (tertiary/aromatic N) is 2. The van der Waals surface area contributed by atoms with Gasteiger partial charge in [0.25, 0.3) is 0 Å². The quantitative estimate of drug-likeness (QED) is 0.173. The molecule has 1 aliphatic heterocycles. The zero-order valence-corrected chi connectivity index (χ0v) is 27.4. The third-order valence-electron chi connectivity index (χ3n) is 9.57. The van der Waals surface area contributed by atoms with Crippen LogP contribution in [-0.4, -0.2) is 64.4 Å². The van der Waals surface area contributed by atoms with Crippen LogP contribution in [0.25, 0.3) is 22.3 Å². The molecule has 0 aromatic heterocycles. The Hall–Kier alpha value is -4.00. The third-order valence-corrected chi connectivity index (χ3v) is 9.57. The molecular weight excluding hydrogens is 560 g/mol. The van der Waals surface area contributed by atoms with Crippen LogP contribution in [0.2, 0.25) is 0 Å². The standard InChI is InChI=1S/C39H46N2O4/c1-27-21-33(23-36(42-2)38(27)44-4)30-13-9-28(10-14-30)25-40-17-19-41(20-18-40)26-29-11-15-31(16-12-29)34-22-35(32-7-6-8-32)39(45-5)37(24-34)43-3/h9-16,21-24,32H,6-8,17-20,25-26H2,1-5H3. The van der Waals surface area contributed by atoms with Crippen LogP contribution in [0.1, 0.15) is 47.4 Å². The Morgan fingerprint density at radius 2 is 1.02 bits per heavy atom. The van der Waals surface area contributed by atoms with E-state index < -0.39 is 0 Å². The maximum absolute atomic E-state index is 5.76. The number of hydrogen-bond donors (Lipinski definition) is 0. The molecule has 0 atom stereocenters. The number of methoxy groups -OCH3 is 4. The first kappa shape index (κ1) is 31.0. The summed E-state index contributed by atoms with van der Waals surface area (Å²) in [5.74, 6) is 3.84. The highest BCUT2D eigenvalue weighted by Gasteiger charge is 2.26. The van der Waals surface area contributed by atoms with Crippen molar-refractivity contribution in [1.29, 1.82) is 0 Å². The van der Waals surface area contributed by atoms with Gasteiger partial charge < -0.3 is 18.9 Å². The predicted octanol–water partition coefficient (Wildman–Crippen LogP) is 7.95. The minimum atomic E-state index is 0.569. The number of aryl methyl sites for hydroxylation is 1. The molecule has 0 bridgehead atoms. The molecule has 1 aliphatic carbocycles. The van der Waals surface area contributed by atoms with Crippen molar-refractivity contribution < 1.29 is 18.9 Å². The molecule has 2 aliphatic rings. The fourth-order valence-electron chi connectivity index (χ4n) is 6.73. The normalized spacial score (nSPS) is 15.8. The lowest BCUT2D eigenvalue weighted by Gasteiger charge is -2.34. The number of ether oxygens (including phenoxy) is 4. The van der Waals surface area contributed by atoms with Crippen molar-refractivity contribution in [2.75, 3.05) is 54.6 Å². The van der Waals surface area contributed by atoms with Crippen LogP contribution in [0.3, 0.4) is 0 Å². The Morgan fingerprint density at radius 1 is 0.556 bits per heavy atom. The molecule has 4 aromatic carbocycles. The van der Waals surface area contributed by atoms with E-state index in [4.69, 9.17) is 18.9 Å². The molecule has 6 nitrogen and oxygen atoms in total. The van der Waals surface area contributed by atoms with Crippen LogP contribution in [0.5, 0.6) is 23.0 Å². The average Bonchev–Trinajstić information content (AvgIpc) is 3.04. The van der Waals surface area contributed by atoms with E-state index in [1.807, 2.05) is 0 Å². The Kier molecular flexibility index (Phi) is 9.62. The van der Waals surface area contributed by atoms with E-state index in [0.717, 1.165) is 73.4 Å². The molecule has 4 aromatic rings. The van der Waals surface area contributed by atoms with Gasteiger partial charge in [-0.15, -0.1) is 0 Å². The van der Waals surface area contributed by atoms with Crippen LogP contribution < -0.4 is 18.9 Å². The van der Waals surface area contributed by atoms with Crippen molar-refractivity contribution in [3.63, 3.8) is 0 Å². The first-order valence-corrected chi connectivity index (χ1v) is 16.1. The van der Waals surface area contributed by atoms with Crippen molar-refractivity contribution in [2.24, 2.45) is 0 Å². The molecule has 0 amide bonds. The van der Waals surface area contributed by atoms with Gasteiger partial charge in [0, 0.05) is 44.8 Å². The van der Waals surface area contributed by atoms with Gasteiger partial charge in [-0.3, -0.25) is 9.80 Å². The fraction of sp³-hybridized carbons (Fsp3) is 0.385. The average molecular weight is 607 g/mol. The summed E-state index contributed by atoms with van der Waals surface area (Å²) >= 11 is 0. The number of piperazine rings is 1. The van der Waals surface area contributed by atoms with Crippen molar-refractivity contribution >= 4 is 0 Å². The maximum Gasteiger partial charge on any atom is 0.164 e. The van der Waals surface area contributed by atoms with Gasteiger partial charge in [0.1, 0.15) is 0 Å². The summed E-state index contributed by atoms with van der Waals surface area (Å²) in [6.45, 7) is 8.30. The molecule has 6 rings (SSSR count). The van der Waals surface area contributed by atoms with E-state index in [2.05, 4.69) is 89.5 Å².